The molecule has 110 valence electrons. The van der Waals surface area contributed by atoms with Crippen LogP contribution in [-0.4, -0.2) is 24.0 Å². The lowest BCUT2D eigenvalue weighted by Gasteiger charge is -2.07. The molecule has 21 heavy (non-hydrogen) atoms. The molecule has 0 saturated carbocycles. The summed E-state index contributed by atoms with van der Waals surface area (Å²) < 4.78 is 18.3. The number of benzene rings is 1. The van der Waals surface area contributed by atoms with Crippen LogP contribution in [0.5, 0.6) is 0 Å². The van der Waals surface area contributed by atoms with Crippen LogP contribution in [0.4, 0.5) is 4.39 Å². The summed E-state index contributed by atoms with van der Waals surface area (Å²) in [5.41, 5.74) is 2.65. The van der Waals surface area contributed by atoms with E-state index < -0.39 is 11.8 Å². The van der Waals surface area contributed by atoms with Crippen molar-refractivity contribution in [3.8, 4) is 0 Å². The largest absolute Gasteiger partial charge is 0.465 e. The van der Waals surface area contributed by atoms with E-state index in [1.165, 1.54) is 36.6 Å². The molecule has 7 heteroatoms. The standard InChI is InChI=1S/C14H13FN2O3S/c1-8-12(21-7-17-8)13(18)16-6-10-5-9(14(19)20-2)3-4-11(10)15/h3-5,7H,6H2,1-2H3,(H,16,18). The van der Waals surface area contributed by atoms with Gasteiger partial charge in [0, 0.05) is 12.1 Å². The molecule has 0 fully saturated rings. The molecule has 1 heterocycles. The molecule has 0 bridgehead atoms. The Morgan fingerprint density at radius 3 is 2.81 bits per heavy atom. The lowest BCUT2D eigenvalue weighted by atomic mass is 10.1. The quantitative estimate of drug-likeness (QED) is 0.880. The van der Waals surface area contributed by atoms with Gasteiger partial charge in [-0.15, -0.1) is 11.3 Å². The zero-order valence-electron chi connectivity index (χ0n) is 11.5. The van der Waals surface area contributed by atoms with E-state index in [1.54, 1.807) is 12.4 Å². The van der Waals surface area contributed by atoms with E-state index in [0.717, 1.165) is 0 Å². The molecule has 1 amide bonds. The number of carbonyl (C=O) groups is 2. The number of ether oxygens (including phenoxy) is 1. The third kappa shape index (κ3) is 3.43. The topological polar surface area (TPSA) is 68.3 Å². The first-order chi connectivity index (χ1) is 10.0. The van der Waals surface area contributed by atoms with Crippen LogP contribution < -0.4 is 5.32 Å². The molecule has 0 aliphatic heterocycles. The Kier molecular flexibility index (Phi) is 4.64. The first-order valence-corrected chi connectivity index (χ1v) is 6.96. The second-order valence-electron chi connectivity index (χ2n) is 4.25. The predicted octanol–water partition coefficient (Wildman–Crippen LogP) is 2.31. The molecule has 0 spiro atoms. The van der Waals surface area contributed by atoms with Crippen LogP contribution in [0.25, 0.3) is 0 Å². The van der Waals surface area contributed by atoms with Crippen molar-refractivity contribution in [2.75, 3.05) is 7.11 Å². The monoisotopic (exact) mass is 308 g/mol. The van der Waals surface area contributed by atoms with E-state index in [9.17, 15) is 14.0 Å². The summed E-state index contributed by atoms with van der Waals surface area (Å²) in [7, 11) is 1.25. The summed E-state index contributed by atoms with van der Waals surface area (Å²) in [4.78, 5) is 27.8. The highest BCUT2D eigenvalue weighted by Crippen LogP contribution is 2.14. The number of rotatable bonds is 4. The van der Waals surface area contributed by atoms with E-state index in [2.05, 4.69) is 15.0 Å². The average molecular weight is 308 g/mol. The van der Waals surface area contributed by atoms with Gasteiger partial charge in [-0.2, -0.15) is 0 Å². The van der Waals surface area contributed by atoms with Gasteiger partial charge in [0.2, 0.25) is 0 Å². The number of hydrogen-bond acceptors (Lipinski definition) is 5. The number of nitrogens with zero attached hydrogens (tertiary/aromatic N) is 1. The normalized spacial score (nSPS) is 10.2. The Hall–Kier alpha value is -2.28. The zero-order valence-corrected chi connectivity index (χ0v) is 12.3. The molecule has 5 nitrogen and oxygen atoms in total. The summed E-state index contributed by atoms with van der Waals surface area (Å²) in [6, 6.07) is 3.87. The third-order valence-corrected chi connectivity index (χ3v) is 3.79. The smallest absolute Gasteiger partial charge is 0.337 e. The van der Waals surface area contributed by atoms with Gasteiger partial charge >= 0.3 is 5.97 Å². The SMILES string of the molecule is COC(=O)c1ccc(F)c(CNC(=O)c2scnc2C)c1. The number of thiazole rings is 1. The maximum absolute atomic E-state index is 13.7. The minimum Gasteiger partial charge on any atom is -0.465 e. The molecular weight excluding hydrogens is 295 g/mol. The number of hydrogen-bond donors (Lipinski definition) is 1. The van der Waals surface area contributed by atoms with Gasteiger partial charge in [-0.05, 0) is 25.1 Å². The van der Waals surface area contributed by atoms with Crippen molar-refractivity contribution in [1.29, 1.82) is 0 Å². The number of carbonyl (C=O) groups excluding carboxylic acids is 2. The summed E-state index contributed by atoms with van der Waals surface area (Å²) in [6.07, 6.45) is 0. The second-order valence-corrected chi connectivity index (χ2v) is 5.10. The van der Waals surface area contributed by atoms with Crippen molar-refractivity contribution < 1.29 is 18.7 Å². The van der Waals surface area contributed by atoms with E-state index in [4.69, 9.17) is 0 Å². The van der Waals surface area contributed by atoms with Crippen LogP contribution in [0.2, 0.25) is 0 Å². The molecule has 0 saturated heterocycles. The second kappa shape index (κ2) is 6.45. The fourth-order valence-corrected chi connectivity index (χ4v) is 2.45. The Morgan fingerprint density at radius 2 is 2.19 bits per heavy atom. The van der Waals surface area contributed by atoms with Gasteiger partial charge < -0.3 is 10.1 Å². The van der Waals surface area contributed by atoms with Crippen LogP contribution in [0.1, 0.15) is 31.3 Å². The number of esters is 1. The van der Waals surface area contributed by atoms with Gasteiger partial charge in [0.25, 0.3) is 5.91 Å². The van der Waals surface area contributed by atoms with Gasteiger partial charge in [0.1, 0.15) is 10.7 Å². The summed E-state index contributed by atoms with van der Waals surface area (Å²) in [5.74, 6) is -1.37. The summed E-state index contributed by atoms with van der Waals surface area (Å²) in [5, 5.41) is 2.61. The number of aryl methyl sites for hydroxylation is 1. The van der Waals surface area contributed by atoms with Gasteiger partial charge in [0.15, 0.2) is 0 Å². The Bertz CT molecular complexity index is 685. The van der Waals surface area contributed by atoms with Gasteiger partial charge in [0.05, 0.1) is 23.9 Å². The molecule has 0 atom stereocenters. The van der Waals surface area contributed by atoms with Crippen molar-refractivity contribution in [2.24, 2.45) is 0 Å². The van der Waals surface area contributed by atoms with Gasteiger partial charge in [-0.3, -0.25) is 4.79 Å². The molecule has 1 aromatic carbocycles. The van der Waals surface area contributed by atoms with Crippen LogP contribution in [0, 0.1) is 12.7 Å². The van der Waals surface area contributed by atoms with Crippen LogP contribution in [-0.2, 0) is 11.3 Å². The highest BCUT2D eigenvalue weighted by molar-refractivity contribution is 7.11. The molecule has 1 N–H and O–H groups in total. The fourth-order valence-electron chi connectivity index (χ4n) is 1.73. The fraction of sp³-hybridized carbons (Fsp3) is 0.214. The molecule has 1 aromatic heterocycles. The Balaban J connectivity index is 2.11. The molecular formula is C14H13FN2O3S. The number of nitrogens with one attached hydrogen (secondary N) is 1. The molecule has 0 aliphatic carbocycles. The maximum atomic E-state index is 13.7. The highest BCUT2D eigenvalue weighted by atomic mass is 32.1. The highest BCUT2D eigenvalue weighted by Gasteiger charge is 2.14. The molecule has 0 unspecified atom stereocenters. The molecule has 0 radical (unpaired) electrons. The van der Waals surface area contributed by atoms with E-state index >= 15 is 0 Å². The molecule has 2 rings (SSSR count). The lowest BCUT2D eigenvalue weighted by Crippen LogP contribution is -2.23. The van der Waals surface area contributed by atoms with E-state index in [-0.39, 0.29) is 23.6 Å². The van der Waals surface area contributed by atoms with Crippen molar-refractivity contribution in [3.63, 3.8) is 0 Å². The Labute approximate surface area is 124 Å². The zero-order chi connectivity index (χ0) is 15.4. The number of halogens is 1. The van der Waals surface area contributed by atoms with Crippen molar-refractivity contribution in [1.82, 2.24) is 10.3 Å². The van der Waals surface area contributed by atoms with E-state index in [1.807, 2.05) is 0 Å². The van der Waals surface area contributed by atoms with Crippen molar-refractivity contribution >= 4 is 23.2 Å². The number of amides is 1. The first kappa shape index (κ1) is 15.1. The minimum atomic E-state index is -0.555. The third-order valence-electron chi connectivity index (χ3n) is 2.86. The van der Waals surface area contributed by atoms with Gasteiger partial charge in [-0.25, -0.2) is 14.2 Å². The summed E-state index contributed by atoms with van der Waals surface area (Å²) >= 11 is 1.22. The molecule has 0 aliphatic rings. The van der Waals surface area contributed by atoms with Crippen LogP contribution in [0.15, 0.2) is 23.7 Å². The number of methoxy groups -OCH3 is 1. The van der Waals surface area contributed by atoms with Crippen molar-refractivity contribution in [2.45, 2.75) is 13.5 Å². The van der Waals surface area contributed by atoms with Crippen LogP contribution in [0.3, 0.4) is 0 Å². The Morgan fingerprint density at radius 1 is 1.43 bits per heavy atom. The molecule has 2 aromatic rings. The predicted molar refractivity (Wildman–Crippen MR) is 75.8 cm³/mol. The first-order valence-electron chi connectivity index (χ1n) is 6.08. The number of aromatic nitrogens is 1. The van der Waals surface area contributed by atoms with E-state index in [0.29, 0.717) is 10.6 Å². The van der Waals surface area contributed by atoms with Crippen LogP contribution >= 0.6 is 11.3 Å². The summed E-state index contributed by atoms with van der Waals surface area (Å²) in [6.45, 7) is 1.71. The maximum Gasteiger partial charge on any atom is 0.337 e. The lowest BCUT2D eigenvalue weighted by molar-refractivity contribution is 0.0600. The van der Waals surface area contributed by atoms with Gasteiger partial charge in [-0.1, -0.05) is 0 Å². The average Bonchev–Trinajstić information content (AvgIpc) is 2.91. The van der Waals surface area contributed by atoms with Crippen molar-refractivity contribution in [3.05, 3.63) is 51.2 Å². The minimum absolute atomic E-state index is 0.0210.